The fourth-order valence-electron chi connectivity index (χ4n) is 3.55. The van der Waals surface area contributed by atoms with Crippen LogP contribution in [0.25, 0.3) is 5.69 Å². The second-order valence-electron chi connectivity index (χ2n) is 7.79. The van der Waals surface area contributed by atoms with E-state index in [1.165, 1.54) is 5.56 Å². The van der Waals surface area contributed by atoms with Crippen LogP contribution in [0.1, 0.15) is 67.3 Å². The van der Waals surface area contributed by atoms with Crippen LogP contribution in [-0.2, 0) is 24.1 Å². The number of hydrogen-bond donors (Lipinski definition) is 2. The van der Waals surface area contributed by atoms with Crippen molar-refractivity contribution in [3.8, 4) is 5.69 Å². The first-order valence-corrected chi connectivity index (χ1v) is 9.55. The second kappa shape index (κ2) is 7.55. The SMILES string of the molecule is CCc1ccc(-n2nc(C(=O)NC(C)(C)CCC(=O)O)c3c2CCC3)cc1. The third-order valence-corrected chi connectivity index (χ3v) is 5.15. The molecule has 0 fully saturated rings. The van der Waals surface area contributed by atoms with Gasteiger partial charge in [-0.1, -0.05) is 19.1 Å². The van der Waals surface area contributed by atoms with Crippen LogP contribution in [-0.4, -0.2) is 32.3 Å². The van der Waals surface area contributed by atoms with Crippen molar-refractivity contribution >= 4 is 11.9 Å². The number of aliphatic carboxylic acids is 1. The molecule has 1 aliphatic rings. The van der Waals surface area contributed by atoms with E-state index >= 15 is 0 Å². The number of carboxylic acid groups (broad SMARTS) is 1. The summed E-state index contributed by atoms with van der Waals surface area (Å²) in [6.07, 6.45) is 4.15. The van der Waals surface area contributed by atoms with Gasteiger partial charge in [0.05, 0.1) is 5.69 Å². The van der Waals surface area contributed by atoms with E-state index in [9.17, 15) is 9.59 Å². The number of carbonyl (C=O) groups excluding carboxylic acids is 1. The molecule has 0 spiro atoms. The molecule has 1 heterocycles. The summed E-state index contributed by atoms with van der Waals surface area (Å²) >= 11 is 0. The Balaban J connectivity index is 1.86. The maximum atomic E-state index is 12.9. The first-order valence-electron chi connectivity index (χ1n) is 9.55. The number of nitrogens with zero attached hydrogens (tertiary/aromatic N) is 2. The Morgan fingerprint density at radius 3 is 2.56 bits per heavy atom. The third kappa shape index (κ3) is 4.21. The lowest BCUT2D eigenvalue weighted by Crippen LogP contribution is -2.44. The van der Waals surface area contributed by atoms with Gasteiger partial charge in [-0.25, -0.2) is 4.68 Å². The molecule has 1 aromatic carbocycles. The monoisotopic (exact) mass is 369 g/mol. The van der Waals surface area contributed by atoms with Crippen molar-refractivity contribution in [1.82, 2.24) is 15.1 Å². The Morgan fingerprint density at radius 2 is 1.93 bits per heavy atom. The van der Waals surface area contributed by atoms with E-state index in [0.29, 0.717) is 12.1 Å². The van der Waals surface area contributed by atoms with Gasteiger partial charge in [0.1, 0.15) is 0 Å². The average molecular weight is 369 g/mol. The predicted molar refractivity (Wildman–Crippen MR) is 103 cm³/mol. The molecular weight excluding hydrogens is 342 g/mol. The Bertz CT molecular complexity index is 850. The molecule has 0 radical (unpaired) electrons. The van der Waals surface area contributed by atoms with Crippen molar-refractivity contribution in [3.63, 3.8) is 0 Å². The molecule has 1 aliphatic carbocycles. The second-order valence-corrected chi connectivity index (χ2v) is 7.79. The van der Waals surface area contributed by atoms with Gasteiger partial charge in [0, 0.05) is 23.2 Å². The molecule has 0 saturated heterocycles. The standard InChI is InChI=1S/C21H27N3O3/c1-4-14-8-10-15(11-9-14)24-17-7-5-6-16(17)19(23-24)20(27)22-21(2,3)13-12-18(25)26/h8-11H,4-7,12-13H2,1-3H3,(H,22,27)(H,25,26). The van der Waals surface area contributed by atoms with Crippen molar-refractivity contribution in [3.05, 3.63) is 46.8 Å². The van der Waals surface area contributed by atoms with Crippen LogP contribution in [0, 0.1) is 0 Å². The highest BCUT2D eigenvalue weighted by molar-refractivity contribution is 5.94. The molecule has 3 rings (SSSR count). The summed E-state index contributed by atoms with van der Waals surface area (Å²) in [6, 6.07) is 8.27. The zero-order valence-corrected chi connectivity index (χ0v) is 16.2. The topological polar surface area (TPSA) is 84.2 Å². The number of fused-ring (bicyclic) bond motifs is 1. The summed E-state index contributed by atoms with van der Waals surface area (Å²) in [5, 5.41) is 16.5. The molecule has 0 bridgehead atoms. The maximum Gasteiger partial charge on any atom is 0.303 e. The van der Waals surface area contributed by atoms with Crippen molar-refractivity contribution in [1.29, 1.82) is 0 Å². The molecule has 27 heavy (non-hydrogen) atoms. The minimum atomic E-state index is -0.863. The van der Waals surface area contributed by atoms with Gasteiger partial charge in [-0.2, -0.15) is 5.10 Å². The number of aromatic nitrogens is 2. The fraction of sp³-hybridized carbons (Fsp3) is 0.476. The van der Waals surface area contributed by atoms with Crippen molar-refractivity contribution in [2.75, 3.05) is 0 Å². The van der Waals surface area contributed by atoms with E-state index in [-0.39, 0.29) is 12.3 Å². The normalized spacial score (nSPS) is 13.4. The third-order valence-electron chi connectivity index (χ3n) is 5.15. The lowest BCUT2D eigenvalue weighted by atomic mass is 9.98. The van der Waals surface area contributed by atoms with Gasteiger partial charge in [0.25, 0.3) is 5.91 Å². The van der Waals surface area contributed by atoms with Crippen LogP contribution in [0.4, 0.5) is 0 Å². The highest BCUT2D eigenvalue weighted by Gasteiger charge is 2.30. The summed E-state index contributed by atoms with van der Waals surface area (Å²) in [4.78, 5) is 23.7. The molecule has 1 aromatic heterocycles. The Kier molecular flexibility index (Phi) is 5.35. The zero-order valence-electron chi connectivity index (χ0n) is 16.2. The van der Waals surface area contributed by atoms with E-state index in [0.717, 1.165) is 42.6 Å². The average Bonchev–Trinajstić information content (AvgIpc) is 3.22. The van der Waals surface area contributed by atoms with Gasteiger partial charge in [0.15, 0.2) is 5.69 Å². The molecule has 144 valence electrons. The van der Waals surface area contributed by atoms with E-state index in [1.807, 2.05) is 30.7 Å². The Labute approximate surface area is 159 Å². The lowest BCUT2D eigenvalue weighted by Gasteiger charge is -2.25. The number of benzene rings is 1. The minimum absolute atomic E-state index is 0.0175. The van der Waals surface area contributed by atoms with Gasteiger partial charge < -0.3 is 10.4 Å². The molecular formula is C21H27N3O3. The maximum absolute atomic E-state index is 12.9. The van der Waals surface area contributed by atoms with Crippen LogP contribution in [0.15, 0.2) is 24.3 Å². The number of rotatable bonds is 7. The smallest absolute Gasteiger partial charge is 0.303 e. The molecule has 1 amide bonds. The molecule has 0 atom stereocenters. The lowest BCUT2D eigenvalue weighted by molar-refractivity contribution is -0.137. The van der Waals surface area contributed by atoms with Gasteiger partial charge >= 0.3 is 5.97 Å². The quantitative estimate of drug-likeness (QED) is 0.784. The van der Waals surface area contributed by atoms with E-state index in [4.69, 9.17) is 5.11 Å². The van der Waals surface area contributed by atoms with Gasteiger partial charge in [0.2, 0.25) is 0 Å². The van der Waals surface area contributed by atoms with E-state index < -0.39 is 11.5 Å². The number of aryl methyl sites for hydroxylation is 1. The van der Waals surface area contributed by atoms with Gasteiger partial charge in [-0.15, -0.1) is 0 Å². The summed E-state index contributed by atoms with van der Waals surface area (Å²) < 4.78 is 1.89. The molecule has 6 heteroatoms. The largest absolute Gasteiger partial charge is 0.481 e. The summed E-state index contributed by atoms with van der Waals surface area (Å²) in [5.41, 5.74) is 4.21. The van der Waals surface area contributed by atoms with E-state index in [1.54, 1.807) is 0 Å². The number of amides is 1. The highest BCUT2D eigenvalue weighted by Crippen LogP contribution is 2.28. The Morgan fingerprint density at radius 1 is 1.22 bits per heavy atom. The van der Waals surface area contributed by atoms with Crippen molar-refractivity contribution in [2.24, 2.45) is 0 Å². The molecule has 6 nitrogen and oxygen atoms in total. The van der Waals surface area contributed by atoms with Crippen LogP contribution in [0.2, 0.25) is 0 Å². The number of carboxylic acids is 1. The molecule has 0 saturated carbocycles. The van der Waals surface area contributed by atoms with Crippen molar-refractivity contribution < 1.29 is 14.7 Å². The highest BCUT2D eigenvalue weighted by atomic mass is 16.4. The Hall–Kier alpha value is -2.63. The van der Waals surface area contributed by atoms with Gasteiger partial charge in [-0.3, -0.25) is 9.59 Å². The minimum Gasteiger partial charge on any atom is -0.481 e. The number of carbonyl (C=O) groups is 2. The van der Waals surface area contributed by atoms with Gasteiger partial charge in [-0.05, 0) is 63.6 Å². The van der Waals surface area contributed by atoms with Crippen LogP contribution in [0.5, 0.6) is 0 Å². The predicted octanol–water partition coefficient (Wildman–Crippen LogP) is 3.30. The summed E-state index contributed by atoms with van der Waals surface area (Å²) in [6.45, 7) is 5.80. The molecule has 0 aliphatic heterocycles. The molecule has 2 aromatic rings. The van der Waals surface area contributed by atoms with Crippen molar-refractivity contribution in [2.45, 2.75) is 64.8 Å². The molecule has 2 N–H and O–H groups in total. The molecule has 0 unspecified atom stereocenters. The zero-order chi connectivity index (χ0) is 19.6. The van der Waals surface area contributed by atoms with Crippen LogP contribution >= 0.6 is 0 Å². The van der Waals surface area contributed by atoms with E-state index in [2.05, 4.69) is 29.5 Å². The first-order chi connectivity index (χ1) is 12.8. The van der Waals surface area contributed by atoms with Crippen LogP contribution in [0.3, 0.4) is 0 Å². The first kappa shape index (κ1) is 19.1. The number of nitrogens with one attached hydrogen (secondary N) is 1. The number of hydrogen-bond acceptors (Lipinski definition) is 3. The summed E-state index contributed by atoms with van der Waals surface area (Å²) in [7, 11) is 0. The van der Waals surface area contributed by atoms with Crippen LogP contribution < -0.4 is 5.32 Å². The summed E-state index contributed by atoms with van der Waals surface area (Å²) in [5.74, 6) is -1.09. The fourth-order valence-corrected chi connectivity index (χ4v) is 3.55.